The van der Waals surface area contributed by atoms with E-state index in [0.717, 1.165) is 23.4 Å². The first kappa shape index (κ1) is 15.5. The lowest BCUT2D eigenvalue weighted by Gasteiger charge is -2.11. The van der Waals surface area contributed by atoms with Crippen LogP contribution in [0, 0.1) is 0 Å². The second-order valence-electron chi connectivity index (χ2n) is 6.13. The molecule has 4 nitrogen and oxygen atoms in total. The highest BCUT2D eigenvalue weighted by Gasteiger charge is 2.48. The summed E-state index contributed by atoms with van der Waals surface area (Å²) < 4.78 is 0. The van der Waals surface area contributed by atoms with Gasteiger partial charge in [0.1, 0.15) is 5.01 Å². The Morgan fingerprint density at radius 2 is 2.00 bits per heavy atom. The summed E-state index contributed by atoms with van der Waals surface area (Å²) in [5.74, 6) is -0.228. The van der Waals surface area contributed by atoms with Crippen LogP contribution in [0.5, 0.6) is 0 Å². The van der Waals surface area contributed by atoms with E-state index in [4.69, 9.17) is 0 Å². The minimum Gasteiger partial charge on any atom is -0.300 e. The van der Waals surface area contributed by atoms with E-state index in [1.807, 2.05) is 29.8 Å². The number of hydrogen-bond acceptors (Lipinski definition) is 5. The van der Waals surface area contributed by atoms with E-state index in [2.05, 4.69) is 39.8 Å². The monoisotopic (exact) mass is 355 g/mol. The lowest BCUT2D eigenvalue weighted by Crippen LogP contribution is -2.18. The number of benzene rings is 1. The van der Waals surface area contributed by atoms with Gasteiger partial charge in [0.25, 0.3) is 0 Å². The summed E-state index contributed by atoms with van der Waals surface area (Å²) in [6.07, 6.45) is 2.18. The molecule has 122 valence electrons. The van der Waals surface area contributed by atoms with Crippen LogP contribution in [-0.2, 0) is 10.2 Å². The Kier molecular flexibility index (Phi) is 3.94. The number of rotatable bonds is 5. The van der Waals surface area contributed by atoms with Crippen LogP contribution >= 0.6 is 22.7 Å². The predicted molar refractivity (Wildman–Crippen MR) is 97.7 cm³/mol. The molecule has 1 N–H and O–H groups in total. The zero-order valence-electron chi connectivity index (χ0n) is 13.2. The van der Waals surface area contributed by atoms with Gasteiger partial charge < -0.3 is 5.32 Å². The van der Waals surface area contributed by atoms with E-state index in [1.54, 1.807) is 11.3 Å². The van der Waals surface area contributed by atoms with Gasteiger partial charge in [0.15, 0.2) is 0 Å². The second kappa shape index (κ2) is 6.11. The van der Waals surface area contributed by atoms with Crippen LogP contribution in [0.1, 0.15) is 41.8 Å². The summed E-state index contributed by atoms with van der Waals surface area (Å²) in [7, 11) is 0. The molecule has 0 spiro atoms. The molecule has 1 aromatic carbocycles. The minimum absolute atomic E-state index is 0.000871. The van der Waals surface area contributed by atoms with Crippen LogP contribution in [-0.4, -0.2) is 16.1 Å². The van der Waals surface area contributed by atoms with E-state index in [0.29, 0.717) is 5.13 Å². The van der Waals surface area contributed by atoms with Crippen molar-refractivity contribution in [1.82, 2.24) is 10.2 Å². The van der Waals surface area contributed by atoms with Crippen molar-refractivity contribution in [2.24, 2.45) is 0 Å². The summed E-state index contributed by atoms with van der Waals surface area (Å²) in [6, 6.07) is 12.4. The minimum atomic E-state index is -0.187. The third-order valence-corrected chi connectivity index (χ3v) is 6.32. The number of hydrogen-bond donors (Lipinski definition) is 1. The number of nitrogens with zero attached hydrogens (tertiary/aromatic N) is 2. The lowest BCUT2D eigenvalue weighted by molar-refractivity contribution is -0.117. The van der Waals surface area contributed by atoms with Crippen LogP contribution in [0.2, 0.25) is 0 Å². The maximum absolute atomic E-state index is 12.4. The number of carbonyl (C=O) groups is 1. The van der Waals surface area contributed by atoms with Crippen LogP contribution in [0.3, 0.4) is 0 Å². The number of amides is 1. The molecule has 6 heteroatoms. The summed E-state index contributed by atoms with van der Waals surface area (Å²) in [5, 5.41) is 17.0. The summed E-state index contributed by atoms with van der Waals surface area (Å²) >= 11 is 3.09. The molecule has 4 rings (SSSR count). The number of anilines is 1. The molecule has 0 saturated heterocycles. The molecule has 24 heavy (non-hydrogen) atoms. The highest BCUT2D eigenvalue weighted by molar-refractivity contribution is 7.15. The first-order valence-electron chi connectivity index (χ1n) is 7.91. The van der Waals surface area contributed by atoms with Crippen molar-refractivity contribution in [3.05, 3.63) is 63.3 Å². The molecule has 1 saturated carbocycles. The third kappa shape index (κ3) is 2.76. The normalized spacial score (nSPS) is 16.5. The van der Waals surface area contributed by atoms with Crippen LogP contribution < -0.4 is 5.32 Å². The van der Waals surface area contributed by atoms with Crippen LogP contribution in [0.4, 0.5) is 5.13 Å². The van der Waals surface area contributed by atoms with Crippen LogP contribution in [0.15, 0.2) is 47.2 Å². The van der Waals surface area contributed by atoms with Gasteiger partial charge in [-0.2, -0.15) is 11.3 Å². The van der Waals surface area contributed by atoms with E-state index >= 15 is 0 Å². The topological polar surface area (TPSA) is 54.9 Å². The smallest absolute Gasteiger partial charge is 0.233 e. The average molecular weight is 355 g/mol. The molecule has 0 radical (unpaired) electrons. The van der Waals surface area contributed by atoms with Gasteiger partial charge in [-0.25, -0.2) is 0 Å². The Labute approximate surface area is 148 Å². The van der Waals surface area contributed by atoms with Crippen molar-refractivity contribution in [1.29, 1.82) is 0 Å². The highest BCUT2D eigenvalue weighted by Crippen LogP contribution is 2.54. The number of aromatic nitrogens is 2. The highest BCUT2D eigenvalue weighted by atomic mass is 32.1. The predicted octanol–water partition coefficient (Wildman–Crippen LogP) is 4.42. The van der Waals surface area contributed by atoms with Crippen molar-refractivity contribution in [2.45, 2.75) is 31.1 Å². The number of carbonyl (C=O) groups excluding carboxylic acids is 1. The zero-order valence-corrected chi connectivity index (χ0v) is 14.9. The average Bonchev–Trinajstić information content (AvgIpc) is 3.02. The van der Waals surface area contributed by atoms with Crippen molar-refractivity contribution in [2.75, 3.05) is 5.32 Å². The van der Waals surface area contributed by atoms with Crippen LogP contribution in [0.25, 0.3) is 0 Å². The maximum atomic E-state index is 12.4. The molecular weight excluding hydrogens is 338 g/mol. The molecule has 1 aliphatic carbocycles. The van der Waals surface area contributed by atoms with Gasteiger partial charge in [0, 0.05) is 5.41 Å². The van der Waals surface area contributed by atoms with Gasteiger partial charge in [0.05, 0.1) is 5.92 Å². The zero-order chi connectivity index (χ0) is 16.6. The molecule has 2 aromatic heterocycles. The van der Waals surface area contributed by atoms with Gasteiger partial charge in [-0.3, -0.25) is 4.79 Å². The maximum Gasteiger partial charge on any atom is 0.233 e. The first-order chi connectivity index (χ1) is 11.7. The Morgan fingerprint density at radius 1 is 1.21 bits per heavy atom. The molecule has 1 aliphatic rings. The SMILES string of the molecule is C[C@@H](C(=O)Nc1nnc(C2(c3ccccc3)CC2)s1)c1ccsc1. The van der Waals surface area contributed by atoms with E-state index in [-0.39, 0.29) is 17.2 Å². The fourth-order valence-electron chi connectivity index (χ4n) is 2.86. The van der Waals surface area contributed by atoms with Gasteiger partial charge in [0.2, 0.25) is 11.0 Å². The van der Waals surface area contributed by atoms with E-state index in [1.165, 1.54) is 16.9 Å². The Balaban J connectivity index is 1.51. The Morgan fingerprint density at radius 3 is 2.67 bits per heavy atom. The first-order valence-corrected chi connectivity index (χ1v) is 9.67. The Bertz CT molecular complexity index is 838. The van der Waals surface area contributed by atoms with Gasteiger partial charge in [-0.15, -0.1) is 10.2 Å². The van der Waals surface area contributed by atoms with Crippen molar-refractivity contribution in [3.8, 4) is 0 Å². The van der Waals surface area contributed by atoms with Crippen molar-refractivity contribution >= 4 is 33.7 Å². The third-order valence-electron chi connectivity index (χ3n) is 4.58. The molecule has 2 heterocycles. The van der Waals surface area contributed by atoms with E-state index < -0.39 is 0 Å². The van der Waals surface area contributed by atoms with Gasteiger partial charge >= 0.3 is 0 Å². The van der Waals surface area contributed by atoms with Gasteiger partial charge in [-0.05, 0) is 47.7 Å². The molecule has 1 atom stereocenters. The molecule has 1 fully saturated rings. The lowest BCUT2D eigenvalue weighted by atomic mass is 9.97. The standard InChI is InChI=1S/C18H17N3OS2/c1-12(13-7-10-23-11-13)15(22)19-17-21-20-16(24-17)18(8-9-18)14-5-3-2-4-6-14/h2-7,10-12H,8-9H2,1H3,(H,19,21,22)/t12-/m1/s1. The molecule has 0 bridgehead atoms. The number of thiophene rings is 1. The quantitative estimate of drug-likeness (QED) is 0.737. The molecule has 0 unspecified atom stereocenters. The van der Waals surface area contributed by atoms with Crippen molar-refractivity contribution in [3.63, 3.8) is 0 Å². The molecule has 1 amide bonds. The second-order valence-corrected chi connectivity index (χ2v) is 7.89. The largest absolute Gasteiger partial charge is 0.300 e. The summed E-state index contributed by atoms with van der Waals surface area (Å²) in [4.78, 5) is 12.4. The molecular formula is C18H17N3OS2. The van der Waals surface area contributed by atoms with Crippen molar-refractivity contribution < 1.29 is 4.79 Å². The fraction of sp³-hybridized carbons (Fsp3) is 0.278. The van der Waals surface area contributed by atoms with E-state index in [9.17, 15) is 4.79 Å². The summed E-state index contributed by atoms with van der Waals surface area (Å²) in [5.41, 5.74) is 2.32. The Hall–Kier alpha value is -2.05. The van der Waals surface area contributed by atoms with Gasteiger partial charge in [-0.1, -0.05) is 41.7 Å². The number of nitrogens with one attached hydrogen (secondary N) is 1. The summed E-state index contributed by atoms with van der Waals surface area (Å²) in [6.45, 7) is 1.91. The fourth-order valence-corrected chi connectivity index (χ4v) is 4.63. The molecule has 3 aromatic rings. The molecule has 0 aliphatic heterocycles.